The molecule has 7 heteroatoms. The molecule has 1 aromatic carbocycles. The number of carbonyl (C=O) groups excluding carboxylic acids is 3. The van der Waals surface area contributed by atoms with E-state index in [0.717, 1.165) is 18.7 Å². The minimum absolute atomic E-state index is 0.0889. The lowest BCUT2D eigenvalue weighted by atomic mass is 10.2. The number of rotatable bonds is 7. The van der Waals surface area contributed by atoms with E-state index in [-0.39, 0.29) is 11.8 Å². The monoisotopic (exact) mass is 318 g/mol. The molecule has 0 atom stereocenters. The highest BCUT2D eigenvalue weighted by Gasteiger charge is 2.21. The van der Waals surface area contributed by atoms with Crippen LogP contribution >= 0.6 is 0 Å². The normalized spacial score (nSPS) is 13.9. The molecule has 0 radical (unpaired) electrons. The van der Waals surface area contributed by atoms with Gasteiger partial charge in [0.25, 0.3) is 0 Å². The van der Waals surface area contributed by atoms with E-state index in [1.165, 1.54) is 0 Å². The van der Waals surface area contributed by atoms with Crippen LogP contribution in [0.4, 0.5) is 16.2 Å². The van der Waals surface area contributed by atoms with E-state index in [1.807, 2.05) is 18.2 Å². The van der Waals surface area contributed by atoms with Crippen molar-refractivity contribution in [3.05, 3.63) is 24.3 Å². The molecule has 0 spiro atoms. The van der Waals surface area contributed by atoms with Crippen molar-refractivity contribution in [2.45, 2.75) is 32.1 Å². The lowest BCUT2D eigenvalue weighted by molar-refractivity contribution is -0.117. The second-order valence-corrected chi connectivity index (χ2v) is 5.50. The van der Waals surface area contributed by atoms with Crippen molar-refractivity contribution in [3.63, 3.8) is 0 Å². The summed E-state index contributed by atoms with van der Waals surface area (Å²) in [4.78, 5) is 35.9. The van der Waals surface area contributed by atoms with E-state index < -0.39 is 6.03 Å². The van der Waals surface area contributed by atoms with Crippen molar-refractivity contribution < 1.29 is 14.4 Å². The Bertz CT molecular complexity index is 588. The number of hydrogen-bond acceptors (Lipinski definition) is 3. The minimum Gasteiger partial charge on any atom is -0.352 e. The summed E-state index contributed by atoms with van der Waals surface area (Å²) in [6.07, 6.45) is 3.17. The van der Waals surface area contributed by atoms with Gasteiger partial charge in [-0.25, -0.2) is 4.79 Å². The smallest absolute Gasteiger partial charge is 0.312 e. The molecular formula is C16H22N4O3. The van der Waals surface area contributed by atoms with Crippen LogP contribution in [0.2, 0.25) is 0 Å². The summed E-state index contributed by atoms with van der Waals surface area (Å²) in [7, 11) is 0. The number of unbranched alkanes of at least 4 members (excludes halogenated alkanes) is 1. The van der Waals surface area contributed by atoms with Crippen LogP contribution in [0, 0.1) is 0 Å². The molecule has 7 nitrogen and oxygen atoms in total. The summed E-state index contributed by atoms with van der Waals surface area (Å²) in [5.74, 6) is 0.0319. The summed E-state index contributed by atoms with van der Waals surface area (Å²) >= 11 is 0. The highest BCUT2D eigenvalue weighted by molar-refractivity contribution is 5.97. The molecule has 0 bridgehead atoms. The lowest BCUT2D eigenvalue weighted by Gasteiger charge is -2.16. The van der Waals surface area contributed by atoms with E-state index in [2.05, 4.69) is 10.6 Å². The van der Waals surface area contributed by atoms with E-state index in [0.29, 0.717) is 37.9 Å². The molecule has 0 unspecified atom stereocenters. The van der Waals surface area contributed by atoms with Crippen LogP contribution in [-0.2, 0) is 9.59 Å². The number of amides is 4. The second-order valence-electron chi connectivity index (χ2n) is 5.50. The van der Waals surface area contributed by atoms with Gasteiger partial charge in [-0.2, -0.15) is 0 Å². The maximum Gasteiger partial charge on any atom is 0.312 e. The molecule has 124 valence electrons. The molecule has 1 aromatic rings. The number of hydrogen-bond donors (Lipinski definition) is 3. The van der Waals surface area contributed by atoms with Gasteiger partial charge in [-0.15, -0.1) is 0 Å². The van der Waals surface area contributed by atoms with Gasteiger partial charge in [0, 0.05) is 37.3 Å². The fourth-order valence-electron chi connectivity index (χ4n) is 2.52. The molecule has 1 aliphatic rings. The Labute approximate surface area is 135 Å². The highest BCUT2D eigenvalue weighted by Crippen LogP contribution is 2.24. The van der Waals surface area contributed by atoms with Crippen LogP contribution in [0.3, 0.4) is 0 Å². The first kappa shape index (κ1) is 16.8. The van der Waals surface area contributed by atoms with Crippen molar-refractivity contribution in [2.24, 2.45) is 5.73 Å². The number of nitrogens with two attached hydrogens (primary N) is 1. The highest BCUT2D eigenvalue weighted by atomic mass is 16.2. The fourth-order valence-corrected chi connectivity index (χ4v) is 2.52. The number of urea groups is 1. The quantitative estimate of drug-likeness (QED) is 0.665. The Kier molecular flexibility index (Phi) is 5.96. The third-order valence-electron chi connectivity index (χ3n) is 3.64. The average molecular weight is 318 g/mol. The van der Waals surface area contributed by atoms with Gasteiger partial charge in [0.2, 0.25) is 11.8 Å². The second kappa shape index (κ2) is 8.17. The lowest BCUT2D eigenvalue weighted by Crippen LogP contribution is -2.30. The van der Waals surface area contributed by atoms with Crippen molar-refractivity contribution >= 4 is 29.2 Å². The summed E-state index contributed by atoms with van der Waals surface area (Å²) in [6.45, 7) is 1.19. The van der Waals surface area contributed by atoms with Crippen LogP contribution in [0.1, 0.15) is 32.1 Å². The maximum atomic E-state index is 11.9. The molecule has 1 saturated heterocycles. The molecule has 23 heavy (non-hydrogen) atoms. The SMILES string of the molecule is NC(=O)NCCCCC(=O)Nc1cccc(N2CCCC2=O)c1. The molecule has 1 fully saturated rings. The Morgan fingerprint density at radius 2 is 2.09 bits per heavy atom. The predicted octanol–water partition coefficient (Wildman–Crippen LogP) is 1.59. The van der Waals surface area contributed by atoms with E-state index in [9.17, 15) is 14.4 Å². The van der Waals surface area contributed by atoms with Gasteiger partial charge in [-0.05, 0) is 37.5 Å². The number of anilines is 2. The van der Waals surface area contributed by atoms with Crippen molar-refractivity contribution in [1.82, 2.24) is 5.32 Å². The number of carbonyl (C=O) groups is 3. The largest absolute Gasteiger partial charge is 0.352 e. The predicted molar refractivity (Wildman–Crippen MR) is 88.1 cm³/mol. The molecule has 2 rings (SSSR count). The van der Waals surface area contributed by atoms with Gasteiger partial charge < -0.3 is 21.3 Å². The first-order chi connectivity index (χ1) is 11.1. The molecule has 0 aliphatic carbocycles. The Morgan fingerprint density at radius 1 is 1.26 bits per heavy atom. The summed E-state index contributed by atoms with van der Waals surface area (Å²) in [6, 6.07) is 6.76. The zero-order valence-electron chi connectivity index (χ0n) is 13.0. The molecule has 4 amide bonds. The Morgan fingerprint density at radius 3 is 2.78 bits per heavy atom. The van der Waals surface area contributed by atoms with Crippen molar-refractivity contribution in [1.29, 1.82) is 0 Å². The average Bonchev–Trinajstić information content (AvgIpc) is 2.93. The maximum absolute atomic E-state index is 11.9. The minimum atomic E-state index is -0.553. The first-order valence-electron chi connectivity index (χ1n) is 7.80. The van der Waals surface area contributed by atoms with Crippen LogP contribution in [0.15, 0.2) is 24.3 Å². The molecule has 1 aliphatic heterocycles. The van der Waals surface area contributed by atoms with Gasteiger partial charge in [0.1, 0.15) is 0 Å². The summed E-state index contributed by atoms with van der Waals surface area (Å²) in [5, 5.41) is 5.31. The summed E-state index contributed by atoms with van der Waals surface area (Å²) < 4.78 is 0. The van der Waals surface area contributed by atoms with Gasteiger partial charge in [0.15, 0.2) is 0 Å². The molecule has 0 saturated carbocycles. The van der Waals surface area contributed by atoms with Crippen LogP contribution in [0.5, 0.6) is 0 Å². The van der Waals surface area contributed by atoms with E-state index >= 15 is 0 Å². The topological polar surface area (TPSA) is 105 Å². The number of nitrogens with zero attached hydrogens (tertiary/aromatic N) is 1. The van der Waals surface area contributed by atoms with Crippen molar-refractivity contribution in [3.8, 4) is 0 Å². The van der Waals surface area contributed by atoms with Gasteiger partial charge in [0.05, 0.1) is 0 Å². The van der Waals surface area contributed by atoms with Crippen molar-refractivity contribution in [2.75, 3.05) is 23.3 Å². The third-order valence-corrected chi connectivity index (χ3v) is 3.64. The molecule has 0 aromatic heterocycles. The Hall–Kier alpha value is -2.57. The Balaban J connectivity index is 1.79. The third kappa shape index (κ3) is 5.28. The van der Waals surface area contributed by atoms with Crippen LogP contribution in [-0.4, -0.2) is 30.9 Å². The van der Waals surface area contributed by atoms with E-state index in [4.69, 9.17) is 5.73 Å². The number of nitrogens with one attached hydrogen (secondary N) is 2. The fraction of sp³-hybridized carbons (Fsp3) is 0.438. The zero-order valence-corrected chi connectivity index (χ0v) is 13.0. The number of benzene rings is 1. The molecule has 1 heterocycles. The summed E-state index contributed by atoms with van der Waals surface area (Å²) in [5.41, 5.74) is 6.45. The standard InChI is InChI=1S/C16H22N4O3/c17-16(23)18-9-2-1-7-14(21)19-12-5-3-6-13(11-12)20-10-4-8-15(20)22/h3,5-6,11H,1-2,4,7-10H2,(H,19,21)(H3,17,18,23). The zero-order chi connectivity index (χ0) is 16.7. The van der Waals surface area contributed by atoms with E-state index in [1.54, 1.807) is 11.0 Å². The first-order valence-corrected chi connectivity index (χ1v) is 7.80. The number of primary amides is 1. The molecular weight excluding hydrogens is 296 g/mol. The van der Waals surface area contributed by atoms with Gasteiger partial charge >= 0.3 is 6.03 Å². The van der Waals surface area contributed by atoms with Crippen LogP contribution < -0.4 is 21.3 Å². The molecule has 4 N–H and O–H groups in total. The van der Waals surface area contributed by atoms with Crippen LogP contribution in [0.25, 0.3) is 0 Å². The van der Waals surface area contributed by atoms with Gasteiger partial charge in [-0.1, -0.05) is 6.07 Å². The van der Waals surface area contributed by atoms with Gasteiger partial charge in [-0.3, -0.25) is 9.59 Å².